The Morgan fingerprint density at radius 3 is 2.57 bits per heavy atom. The molecule has 1 amide bonds. The Hall–Kier alpha value is -1.55. The van der Waals surface area contributed by atoms with Crippen LogP contribution in [0.3, 0.4) is 0 Å². The maximum Gasteiger partial charge on any atom is 0.220 e. The van der Waals surface area contributed by atoms with E-state index in [0.717, 1.165) is 17.5 Å². The van der Waals surface area contributed by atoms with Crippen LogP contribution in [-0.2, 0) is 9.53 Å². The topological polar surface area (TPSA) is 75.8 Å². The van der Waals surface area contributed by atoms with Crippen molar-refractivity contribution >= 4 is 5.91 Å². The number of aryl methyl sites for hydroxylation is 1. The minimum atomic E-state index is -0.161. The van der Waals surface area contributed by atoms with Gasteiger partial charge in [0.2, 0.25) is 5.91 Å². The van der Waals surface area contributed by atoms with Gasteiger partial charge in [0.05, 0.1) is 6.10 Å². The molecule has 154 valence electrons. The van der Waals surface area contributed by atoms with E-state index in [4.69, 9.17) is 10.5 Å². The summed E-state index contributed by atoms with van der Waals surface area (Å²) in [7, 11) is 0. The summed E-state index contributed by atoms with van der Waals surface area (Å²) >= 11 is 0. The van der Waals surface area contributed by atoms with Gasteiger partial charge in [0.15, 0.2) is 0 Å². The molecular formula is C24H35NO3. The molecule has 3 N–H and O–H groups in total. The number of hydrogen-bond acceptors (Lipinski definition) is 3. The Kier molecular flexibility index (Phi) is 4.57. The predicted octanol–water partition coefficient (Wildman–Crippen LogP) is 4.73. The van der Waals surface area contributed by atoms with E-state index in [1.807, 2.05) is 13.0 Å². The summed E-state index contributed by atoms with van der Waals surface area (Å²) in [4.78, 5) is 12.3. The second-order valence-electron chi connectivity index (χ2n) is 10.7. The second kappa shape index (κ2) is 6.48. The van der Waals surface area contributed by atoms with E-state index in [-0.39, 0.29) is 40.8 Å². The molecule has 1 saturated heterocycles. The molecule has 0 bridgehead atoms. The third kappa shape index (κ3) is 3.04. The fraction of sp³-hybridized carbons (Fsp3) is 0.708. The van der Waals surface area contributed by atoms with Crippen molar-refractivity contribution in [3.8, 4) is 5.75 Å². The summed E-state index contributed by atoms with van der Waals surface area (Å²) in [6.07, 6.45) is 4.63. The van der Waals surface area contributed by atoms with Gasteiger partial charge in [-0.1, -0.05) is 40.2 Å². The van der Waals surface area contributed by atoms with Gasteiger partial charge in [-0.2, -0.15) is 0 Å². The Bertz CT molecular complexity index is 768. The first-order valence-corrected chi connectivity index (χ1v) is 10.8. The summed E-state index contributed by atoms with van der Waals surface area (Å²) in [5.41, 5.74) is 8.32. The number of hydrogen-bond donors (Lipinski definition) is 2. The molecule has 1 aliphatic heterocycles. The van der Waals surface area contributed by atoms with Crippen LogP contribution in [0.2, 0.25) is 0 Å². The maximum atomic E-state index is 12.3. The van der Waals surface area contributed by atoms with Gasteiger partial charge in [0, 0.05) is 5.92 Å². The zero-order valence-electron chi connectivity index (χ0n) is 17.9. The van der Waals surface area contributed by atoms with E-state index in [1.165, 1.54) is 19.3 Å². The number of primary amides is 1. The van der Waals surface area contributed by atoms with E-state index >= 15 is 0 Å². The standard InChI is InChI=1S/C24H35NO3/c1-13-9-15(11-16(26)10-13)20-21(28-20)19-14(2)17(22(25)27)12-18-23(3,4)7-6-8-24(18,19)5/h9-11,14,17-21,26H,6-8,12H2,1-5H3,(H2,25,27)/t14-,17?,18+,19-,20?,21?,24+/m1/s1. The van der Waals surface area contributed by atoms with Gasteiger partial charge in [-0.25, -0.2) is 0 Å². The van der Waals surface area contributed by atoms with Gasteiger partial charge in [0.25, 0.3) is 0 Å². The van der Waals surface area contributed by atoms with Gasteiger partial charge in [0.1, 0.15) is 11.9 Å². The number of carbonyl (C=O) groups is 1. The highest BCUT2D eigenvalue weighted by molar-refractivity contribution is 5.77. The van der Waals surface area contributed by atoms with Crippen LogP contribution in [0.5, 0.6) is 5.75 Å². The van der Waals surface area contributed by atoms with Crippen LogP contribution >= 0.6 is 0 Å². The van der Waals surface area contributed by atoms with Gasteiger partial charge < -0.3 is 15.6 Å². The third-order valence-electron chi connectivity index (χ3n) is 8.39. The van der Waals surface area contributed by atoms with Crippen LogP contribution in [0.15, 0.2) is 18.2 Å². The Morgan fingerprint density at radius 1 is 1.21 bits per heavy atom. The summed E-state index contributed by atoms with van der Waals surface area (Å²) in [6.45, 7) is 11.4. The van der Waals surface area contributed by atoms with Gasteiger partial charge in [-0.05, 0) is 78.0 Å². The molecule has 4 nitrogen and oxygen atoms in total. The summed E-state index contributed by atoms with van der Waals surface area (Å²) < 4.78 is 6.27. The smallest absolute Gasteiger partial charge is 0.220 e. The number of nitrogens with two attached hydrogens (primary N) is 1. The van der Waals surface area contributed by atoms with Crippen LogP contribution < -0.4 is 5.73 Å². The number of benzene rings is 1. The fourth-order valence-corrected chi connectivity index (χ4v) is 7.14. The highest BCUT2D eigenvalue weighted by Crippen LogP contribution is 2.66. The fourth-order valence-electron chi connectivity index (χ4n) is 7.14. The van der Waals surface area contributed by atoms with E-state index in [2.05, 4.69) is 33.8 Å². The third-order valence-corrected chi connectivity index (χ3v) is 8.39. The number of phenolic OH excluding ortho intramolecular Hbond substituents is 1. The second-order valence-corrected chi connectivity index (χ2v) is 10.7. The van der Waals surface area contributed by atoms with E-state index in [1.54, 1.807) is 6.07 Å². The Balaban J connectivity index is 1.70. The van der Waals surface area contributed by atoms with Crippen molar-refractivity contribution in [2.75, 3.05) is 0 Å². The average Bonchev–Trinajstić information content (AvgIpc) is 3.32. The number of ether oxygens (including phenoxy) is 1. The van der Waals surface area contributed by atoms with Crippen LogP contribution in [0.25, 0.3) is 0 Å². The molecule has 28 heavy (non-hydrogen) atoms. The number of amides is 1. The first-order valence-electron chi connectivity index (χ1n) is 10.8. The zero-order valence-corrected chi connectivity index (χ0v) is 17.9. The lowest BCUT2D eigenvalue weighted by atomic mass is 9.44. The Morgan fingerprint density at radius 2 is 1.93 bits per heavy atom. The quantitative estimate of drug-likeness (QED) is 0.739. The number of epoxide rings is 1. The first kappa shape index (κ1) is 19.8. The van der Waals surface area contributed by atoms with Crippen LogP contribution in [0, 0.1) is 41.4 Å². The molecule has 4 rings (SSSR count). The number of fused-ring (bicyclic) bond motifs is 1. The molecule has 0 spiro atoms. The molecule has 1 heterocycles. The molecule has 0 radical (unpaired) electrons. The number of aromatic hydroxyl groups is 1. The molecule has 2 saturated carbocycles. The van der Waals surface area contributed by atoms with Crippen molar-refractivity contribution in [1.82, 2.24) is 0 Å². The van der Waals surface area contributed by atoms with E-state index in [9.17, 15) is 9.90 Å². The van der Waals surface area contributed by atoms with E-state index in [0.29, 0.717) is 17.6 Å². The molecule has 1 aromatic rings. The SMILES string of the molecule is Cc1cc(O)cc(C2OC2[C@H]2[C@H](C)C(C(N)=O)C[C@H]3C(C)(C)CCC[C@]23C)c1. The van der Waals surface area contributed by atoms with Crippen molar-refractivity contribution in [1.29, 1.82) is 0 Å². The molecule has 4 heteroatoms. The van der Waals surface area contributed by atoms with Crippen molar-refractivity contribution in [3.05, 3.63) is 29.3 Å². The van der Waals surface area contributed by atoms with Crippen LogP contribution in [-0.4, -0.2) is 17.1 Å². The lowest BCUT2D eigenvalue weighted by Crippen LogP contribution is -2.57. The monoisotopic (exact) mass is 385 g/mol. The summed E-state index contributed by atoms with van der Waals surface area (Å²) in [5.74, 6) is 1.03. The highest BCUT2D eigenvalue weighted by atomic mass is 16.6. The summed E-state index contributed by atoms with van der Waals surface area (Å²) in [6, 6.07) is 5.70. The average molecular weight is 386 g/mol. The lowest BCUT2D eigenvalue weighted by Gasteiger charge is -2.60. The normalized spacial score (nSPS) is 41.9. The number of rotatable bonds is 3. The van der Waals surface area contributed by atoms with Gasteiger partial charge >= 0.3 is 0 Å². The van der Waals surface area contributed by atoms with Gasteiger partial charge in [-0.3, -0.25) is 4.79 Å². The highest BCUT2D eigenvalue weighted by Gasteiger charge is 2.63. The minimum Gasteiger partial charge on any atom is -0.508 e. The van der Waals surface area contributed by atoms with Crippen molar-refractivity contribution in [3.63, 3.8) is 0 Å². The number of phenols is 1. The van der Waals surface area contributed by atoms with Crippen LogP contribution in [0.1, 0.15) is 70.6 Å². The first-order chi connectivity index (χ1) is 13.0. The van der Waals surface area contributed by atoms with Gasteiger partial charge in [-0.15, -0.1) is 0 Å². The minimum absolute atomic E-state index is 0.00684. The molecule has 3 fully saturated rings. The Labute approximate surface area is 168 Å². The zero-order chi connectivity index (χ0) is 20.4. The van der Waals surface area contributed by atoms with E-state index < -0.39 is 0 Å². The van der Waals surface area contributed by atoms with Crippen molar-refractivity contribution in [2.24, 2.45) is 40.2 Å². The molecule has 0 aromatic heterocycles. The molecule has 1 aromatic carbocycles. The molecule has 3 unspecified atom stereocenters. The largest absolute Gasteiger partial charge is 0.508 e. The molecular weight excluding hydrogens is 350 g/mol. The molecule has 2 aliphatic carbocycles. The lowest BCUT2D eigenvalue weighted by molar-refractivity contribution is -0.146. The maximum absolute atomic E-state index is 12.3. The number of carbonyl (C=O) groups excluding carboxylic acids is 1. The predicted molar refractivity (Wildman–Crippen MR) is 110 cm³/mol. The molecule has 3 aliphatic rings. The van der Waals surface area contributed by atoms with Crippen molar-refractivity contribution < 1.29 is 14.6 Å². The van der Waals surface area contributed by atoms with Crippen LogP contribution in [0.4, 0.5) is 0 Å². The molecule has 7 atom stereocenters. The summed E-state index contributed by atoms with van der Waals surface area (Å²) in [5, 5.41) is 10.0. The van der Waals surface area contributed by atoms with Crippen molar-refractivity contribution in [2.45, 2.75) is 72.5 Å².